The number of anilines is 1. The van der Waals surface area contributed by atoms with Gasteiger partial charge < -0.3 is 25.3 Å². The van der Waals surface area contributed by atoms with Gasteiger partial charge in [0.1, 0.15) is 5.56 Å². The van der Waals surface area contributed by atoms with Crippen LogP contribution < -0.4 is 31.9 Å². The van der Waals surface area contributed by atoms with E-state index >= 15 is 0 Å². The lowest BCUT2D eigenvalue weighted by Crippen LogP contribution is -2.40. The molecule has 47 heavy (non-hydrogen) atoms. The molecular formula is C35H37ClN6O5. The second kappa shape index (κ2) is 12.8. The Hall–Kier alpha value is -4.74. The van der Waals surface area contributed by atoms with Crippen molar-refractivity contribution in [1.29, 1.82) is 0 Å². The van der Waals surface area contributed by atoms with Gasteiger partial charge in [0.15, 0.2) is 0 Å². The number of aromatic nitrogens is 3. The first-order valence-electron chi connectivity index (χ1n) is 15.6. The van der Waals surface area contributed by atoms with Crippen LogP contribution >= 0.6 is 11.6 Å². The van der Waals surface area contributed by atoms with Crippen LogP contribution in [0, 0.1) is 6.92 Å². The standard InChI is InChI=1S/C35H37ClN6O5/c1-18-14-28(37-16-20-12-13-29(43)38-20)30-24(18)15-27(40-33(30)47-5)23-10-6-9-22(31(23)36)21-8-7-11-26(19(21)2)39-32(44)25-17-41(3)35(46)42(4)34(25)45/h6-11,15,17-18,20,28,37H,12-14,16H2,1-5H3,(H,38,43)(H,39,44). The van der Waals surface area contributed by atoms with Gasteiger partial charge in [-0.25, -0.2) is 9.78 Å². The quantitative estimate of drug-likeness (QED) is 0.255. The number of rotatable bonds is 8. The molecule has 2 aliphatic rings. The van der Waals surface area contributed by atoms with E-state index in [-0.39, 0.29) is 29.5 Å². The monoisotopic (exact) mass is 656 g/mol. The third-order valence-electron chi connectivity index (χ3n) is 9.25. The second-order valence-electron chi connectivity index (χ2n) is 12.3. The Morgan fingerprint density at radius 2 is 1.83 bits per heavy atom. The Morgan fingerprint density at radius 1 is 1.11 bits per heavy atom. The fraction of sp³-hybridized carbons (Fsp3) is 0.343. The van der Waals surface area contributed by atoms with E-state index in [0.29, 0.717) is 35.2 Å². The molecule has 2 aromatic carbocycles. The van der Waals surface area contributed by atoms with Gasteiger partial charge in [0.25, 0.3) is 11.5 Å². The summed E-state index contributed by atoms with van der Waals surface area (Å²) in [6.07, 6.45) is 3.52. The van der Waals surface area contributed by atoms with E-state index in [1.807, 2.05) is 37.3 Å². The minimum Gasteiger partial charge on any atom is -0.481 e. The van der Waals surface area contributed by atoms with Gasteiger partial charge in [-0.3, -0.25) is 19.0 Å². The van der Waals surface area contributed by atoms with Crippen molar-refractivity contribution in [2.75, 3.05) is 19.0 Å². The highest BCUT2D eigenvalue weighted by Crippen LogP contribution is 2.47. The zero-order valence-corrected chi connectivity index (χ0v) is 27.7. The van der Waals surface area contributed by atoms with Crippen molar-refractivity contribution in [3.8, 4) is 28.3 Å². The van der Waals surface area contributed by atoms with Gasteiger partial charge in [-0.15, -0.1) is 0 Å². The molecule has 1 saturated heterocycles. The van der Waals surface area contributed by atoms with Crippen molar-refractivity contribution < 1.29 is 14.3 Å². The van der Waals surface area contributed by atoms with Crippen LogP contribution in [0.3, 0.4) is 0 Å². The number of hydrogen-bond acceptors (Lipinski definition) is 7. The predicted octanol–water partition coefficient (Wildman–Crippen LogP) is 4.45. The van der Waals surface area contributed by atoms with Gasteiger partial charge in [0, 0.05) is 67.7 Å². The van der Waals surface area contributed by atoms with Gasteiger partial charge in [-0.2, -0.15) is 0 Å². The summed E-state index contributed by atoms with van der Waals surface area (Å²) in [5, 5.41) is 9.98. The average Bonchev–Trinajstić information content (AvgIpc) is 3.63. The molecule has 0 radical (unpaired) electrons. The largest absolute Gasteiger partial charge is 0.481 e. The second-order valence-corrected chi connectivity index (χ2v) is 12.7. The fourth-order valence-electron chi connectivity index (χ4n) is 6.65. The minimum atomic E-state index is -0.675. The van der Waals surface area contributed by atoms with Crippen LogP contribution in [0.25, 0.3) is 22.4 Å². The number of halogens is 1. The zero-order chi connectivity index (χ0) is 33.6. The van der Waals surface area contributed by atoms with Crippen molar-refractivity contribution in [2.24, 2.45) is 14.1 Å². The number of carbonyl (C=O) groups excluding carboxylic acids is 2. The lowest BCUT2D eigenvalue weighted by atomic mass is 9.95. The maximum absolute atomic E-state index is 13.2. The molecule has 3 unspecified atom stereocenters. The number of hydrogen-bond donors (Lipinski definition) is 3. The molecule has 2 aromatic heterocycles. The molecule has 244 valence electrons. The number of nitrogens with one attached hydrogen (secondary N) is 3. The van der Waals surface area contributed by atoms with Gasteiger partial charge >= 0.3 is 5.69 Å². The van der Waals surface area contributed by atoms with Gasteiger partial charge in [0.2, 0.25) is 11.8 Å². The maximum atomic E-state index is 13.2. The maximum Gasteiger partial charge on any atom is 0.330 e. The summed E-state index contributed by atoms with van der Waals surface area (Å²) in [5.74, 6) is 0.275. The SMILES string of the molecule is COc1nc(-c2cccc(-c3cccc(NC(=O)c4cn(C)c(=O)n(C)c4=O)c3C)c2Cl)cc2c1C(NCC1CCC(=O)N1)CC2C. The van der Waals surface area contributed by atoms with Gasteiger partial charge in [-0.1, -0.05) is 48.9 Å². The number of fused-ring (bicyclic) bond motifs is 1. The third-order valence-corrected chi connectivity index (χ3v) is 9.66. The molecule has 0 saturated carbocycles. The van der Waals surface area contributed by atoms with E-state index in [2.05, 4.69) is 28.9 Å². The van der Waals surface area contributed by atoms with Crippen molar-refractivity contribution >= 4 is 29.1 Å². The predicted molar refractivity (Wildman–Crippen MR) is 181 cm³/mol. The number of methoxy groups -OCH3 is 1. The van der Waals surface area contributed by atoms with Crippen LogP contribution in [-0.4, -0.2) is 45.6 Å². The topological polar surface area (TPSA) is 136 Å². The number of ether oxygens (including phenoxy) is 1. The van der Waals surface area contributed by atoms with Crippen LogP contribution in [0.15, 0.2) is 58.3 Å². The van der Waals surface area contributed by atoms with Crippen LogP contribution in [0.2, 0.25) is 5.02 Å². The summed E-state index contributed by atoms with van der Waals surface area (Å²) < 4.78 is 7.93. The van der Waals surface area contributed by atoms with Crippen LogP contribution in [-0.2, 0) is 18.9 Å². The van der Waals surface area contributed by atoms with Crippen LogP contribution in [0.1, 0.15) is 65.2 Å². The van der Waals surface area contributed by atoms with E-state index < -0.39 is 17.2 Å². The molecule has 1 aliphatic carbocycles. The Morgan fingerprint density at radius 3 is 2.55 bits per heavy atom. The van der Waals surface area contributed by atoms with E-state index in [1.165, 1.54) is 24.9 Å². The molecular weight excluding hydrogens is 620 g/mol. The lowest BCUT2D eigenvalue weighted by Gasteiger charge is -2.20. The van der Waals surface area contributed by atoms with Crippen molar-refractivity contribution in [1.82, 2.24) is 24.8 Å². The van der Waals surface area contributed by atoms with E-state index in [4.69, 9.17) is 21.3 Å². The van der Waals surface area contributed by atoms with Gasteiger partial charge in [-0.05, 0) is 54.5 Å². The Bertz CT molecular complexity index is 2040. The normalized spacial score (nSPS) is 18.6. The number of benzene rings is 2. The molecule has 3 heterocycles. The first-order chi connectivity index (χ1) is 22.5. The average molecular weight is 657 g/mol. The van der Waals surface area contributed by atoms with Gasteiger partial charge in [0.05, 0.1) is 17.8 Å². The minimum absolute atomic E-state index is 0.0531. The fourth-order valence-corrected chi connectivity index (χ4v) is 6.98. The molecule has 0 bridgehead atoms. The molecule has 11 nitrogen and oxygen atoms in total. The van der Waals surface area contributed by atoms with Crippen LogP contribution in [0.4, 0.5) is 5.69 Å². The Labute approximate surface area is 276 Å². The number of pyridine rings is 1. The summed E-state index contributed by atoms with van der Waals surface area (Å²) in [6.45, 7) is 4.74. The first kappa shape index (κ1) is 32.2. The highest BCUT2D eigenvalue weighted by atomic mass is 35.5. The van der Waals surface area contributed by atoms with Crippen LogP contribution in [0.5, 0.6) is 5.88 Å². The molecule has 3 N–H and O–H groups in total. The molecule has 12 heteroatoms. The Balaban J connectivity index is 1.31. The summed E-state index contributed by atoms with van der Waals surface area (Å²) in [4.78, 5) is 54.5. The molecule has 0 spiro atoms. The van der Waals surface area contributed by atoms with E-state index in [1.54, 1.807) is 13.2 Å². The van der Waals surface area contributed by atoms with Crippen molar-refractivity contribution in [3.63, 3.8) is 0 Å². The zero-order valence-electron chi connectivity index (χ0n) is 26.9. The summed E-state index contributed by atoms with van der Waals surface area (Å²) in [7, 11) is 4.44. The molecule has 6 rings (SSSR count). The summed E-state index contributed by atoms with van der Waals surface area (Å²) in [5.41, 5.74) is 5.08. The number of carbonyl (C=O) groups is 2. The molecule has 4 aromatic rings. The highest BCUT2D eigenvalue weighted by Gasteiger charge is 2.34. The Kier molecular flexibility index (Phi) is 8.78. The summed E-state index contributed by atoms with van der Waals surface area (Å²) in [6, 6.07) is 13.5. The van der Waals surface area contributed by atoms with Crippen molar-refractivity contribution in [2.45, 2.75) is 51.1 Å². The van der Waals surface area contributed by atoms with E-state index in [9.17, 15) is 19.2 Å². The van der Waals surface area contributed by atoms with E-state index in [0.717, 1.165) is 50.8 Å². The molecule has 3 atom stereocenters. The first-order valence-corrected chi connectivity index (χ1v) is 15.9. The number of amides is 2. The third kappa shape index (κ3) is 5.96. The highest BCUT2D eigenvalue weighted by molar-refractivity contribution is 6.36. The summed E-state index contributed by atoms with van der Waals surface area (Å²) >= 11 is 7.13. The number of aryl methyl sites for hydroxylation is 1. The van der Waals surface area contributed by atoms with Crippen molar-refractivity contribution in [3.05, 3.63) is 96.8 Å². The molecule has 2 amide bonds. The smallest absolute Gasteiger partial charge is 0.330 e. The molecule has 1 aliphatic heterocycles. The number of nitrogens with zero attached hydrogens (tertiary/aromatic N) is 3. The lowest BCUT2D eigenvalue weighted by molar-refractivity contribution is -0.119. The molecule has 1 fully saturated rings.